The molecule has 0 spiro atoms. The first-order valence-electron chi connectivity index (χ1n) is 8.74. The van der Waals surface area contributed by atoms with E-state index in [4.69, 9.17) is 0 Å². The highest BCUT2D eigenvalue weighted by Gasteiger charge is 2.02. The highest BCUT2D eigenvalue weighted by molar-refractivity contribution is 5.76. The predicted molar refractivity (Wildman–Crippen MR) is 91.8 cm³/mol. The first kappa shape index (κ1) is 20.9. The molecule has 0 atom stereocenters. The van der Waals surface area contributed by atoms with Gasteiger partial charge in [-0.2, -0.15) is 0 Å². The summed E-state index contributed by atoms with van der Waals surface area (Å²) in [5.41, 5.74) is 0. The molecule has 0 heterocycles. The van der Waals surface area contributed by atoms with Gasteiger partial charge in [-0.3, -0.25) is 9.59 Å². The van der Waals surface area contributed by atoms with E-state index in [1.165, 1.54) is 12.8 Å². The predicted octanol–water partition coefficient (Wildman–Crippen LogP) is 2.31. The van der Waals surface area contributed by atoms with Gasteiger partial charge in [0.05, 0.1) is 0 Å². The summed E-state index contributed by atoms with van der Waals surface area (Å²) in [5, 5.41) is 5.88. The molecule has 22 heavy (non-hydrogen) atoms. The van der Waals surface area contributed by atoms with Gasteiger partial charge in [0.15, 0.2) is 0 Å². The van der Waals surface area contributed by atoms with Crippen LogP contribution < -0.4 is 10.6 Å². The van der Waals surface area contributed by atoms with Gasteiger partial charge in [0.1, 0.15) is 0 Å². The maximum Gasteiger partial charge on any atom is 0.220 e. The minimum Gasteiger partial charge on any atom is -0.356 e. The van der Waals surface area contributed by atoms with Gasteiger partial charge in [0, 0.05) is 25.9 Å². The topological polar surface area (TPSA) is 61.4 Å². The highest BCUT2D eigenvalue weighted by atomic mass is 16.2. The number of amides is 2. The Balaban J connectivity index is 3.31. The third-order valence-electron chi connectivity index (χ3n) is 3.51. The number of unbranched alkanes of at least 4 members (excludes halogenated alkanes) is 4. The fourth-order valence-electron chi connectivity index (χ4n) is 2.15. The van der Waals surface area contributed by atoms with Gasteiger partial charge in [0.2, 0.25) is 11.8 Å². The Morgan fingerprint density at radius 3 is 1.86 bits per heavy atom. The fourth-order valence-corrected chi connectivity index (χ4v) is 2.15. The number of carbonyl (C=O) groups excluding carboxylic acids is 2. The number of hydrogen-bond donors (Lipinski definition) is 2. The van der Waals surface area contributed by atoms with Crippen molar-refractivity contribution in [2.45, 2.75) is 64.7 Å². The molecular formula is C17H35N3O2. The zero-order chi connectivity index (χ0) is 16.6. The zero-order valence-corrected chi connectivity index (χ0v) is 14.7. The van der Waals surface area contributed by atoms with Gasteiger partial charge in [0.25, 0.3) is 0 Å². The Morgan fingerprint density at radius 1 is 0.773 bits per heavy atom. The summed E-state index contributed by atoms with van der Waals surface area (Å²) in [5.74, 6) is 0.291. The molecule has 0 aliphatic heterocycles. The van der Waals surface area contributed by atoms with Crippen molar-refractivity contribution in [3.05, 3.63) is 0 Å². The average molecular weight is 313 g/mol. The molecule has 130 valence electrons. The lowest BCUT2D eigenvalue weighted by molar-refractivity contribution is -0.122. The summed E-state index contributed by atoms with van der Waals surface area (Å²) in [6.45, 7) is 4.62. The van der Waals surface area contributed by atoms with Crippen molar-refractivity contribution in [1.29, 1.82) is 0 Å². The Labute approximate surface area is 136 Å². The summed E-state index contributed by atoms with van der Waals surface area (Å²) in [7, 11) is 4.02. The first-order valence-corrected chi connectivity index (χ1v) is 8.74. The highest BCUT2D eigenvalue weighted by Crippen LogP contribution is 2.00. The van der Waals surface area contributed by atoms with Gasteiger partial charge in [-0.05, 0) is 46.3 Å². The molecule has 0 aliphatic rings. The van der Waals surface area contributed by atoms with Crippen molar-refractivity contribution in [1.82, 2.24) is 15.5 Å². The molecule has 0 saturated carbocycles. The first-order chi connectivity index (χ1) is 10.6. The normalized spacial score (nSPS) is 10.7. The number of nitrogens with one attached hydrogen (secondary N) is 2. The average Bonchev–Trinajstić information content (AvgIpc) is 2.47. The van der Waals surface area contributed by atoms with Crippen molar-refractivity contribution >= 4 is 11.8 Å². The van der Waals surface area contributed by atoms with Crippen molar-refractivity contribution in [3.63, 3.8) is 0 Å². The Kier molecular flexibility index (Phi) is 14.1. The second kappa shape index (κ2) is 14.8. The molecule has 0 aromatic heterocycles. The van der Waals surface area contributed by atoms with Crippen LogP contribution in [-0.2, 0) is 9.59 Å². The van der Waals surface area contributed by atoms with Crippen LogP contribution in [0.4, 0.5) is 0 Å². The number of hydrogen-bond acceptors (Lipinski definition) is 3. The molecule has 2 N–H and O–H groups in total. The number of nitrogens with zero attached hydrogens (tertiary/aromatic N) is 1. The smallest absolute Gasteiger partial charge is 0.220 e. The molecule has 0 aliphatic carbocycles. The summed E-state index contributed by atoms with van der Waals surface area (Å²) in [6.07, 6.45) is 8.35. The minimum atomic E-state index is 0.135. The molecular weight excluding hydrogens is 278 g/mol. The van der Waals surface area contributed by atoms with E-state index in [1.54, 1.807) is 0 Å². The van der Waals surface area contributed by atoms with Crippen LogP contribution in [0, 0.1) is 0 Å². The van der Waals surface area contributed by atoms with E-state index in [2.05, 4.69) is 22.5 Å². The largest absolute Gasteiger partial charge is 0.356 e. The van der Waals surface area contributed by atoms with Crippen molar-refractivity contribution in [2.75, 3.05) is 33.7 Å². The zero-order valence-electron chi connectivity index (χ0n) is 14.7. The lowest BCUT2D eigenvalue weighted by Crippen LogP contribution is -2.26. The Bertz CT molecular complexity index is 294. The van der Waals surface area contributed by atoms with E-state index in [0.29, 0.717) is 12.8 Å². The van der Waals surface area contributed by atoms with Gasteiger partial charge >= 0.3 is 0 Å². The standard InChI is InChI=1S/C17H35N3O2/c1-4-5-8-13-18-16(21)11-7-6-9-14-19-17(22)12-10-15-20(2)3/h4-15H2,1-3H3,(H,18,21)(H,19,22). The summed E-state index contributed by atoms with van der Waals surface area (Å²) in [4.78, 5) is 25.2. The van der Waals surface area contributed by atoms with Crippen molar-refractivity contribution < 1.29 is 9.59 Å². The van der Waals surface area contributed by atoms with E-state index < -0.39 is 0 Å². The van der Waals surface area contributed by atoms with Gasteiger partial charge < -0.3 is 15.5 Å². The molecule has 5 heteroatoms. The van der Waals surface area contributed by atoms with Crippen LogP contribution in [0.2, 0.25) is 0 Å². The van der Waals surface area contributed by atoms with Gasteiger partial charge in [-0.15, -0.1) is 0 Å². The van der Waals surface area contributed by atoms with Crippen LogP contribution in [0.1, 0.15) is 64.7 Å². The molecule has 0 saturated heterocycles. The molecule has 5 nitrogen and oxygen atoms in total. The lowest BCUT2D eigenvalue weighted by Gasteiger charge is -2.09. The van der Waals surface area contributed by atoms with Crippen LogP contribution in [0.25, 0.3) is 0 Å². The second-order valence-electron chi connectivity index (χ2n) is 6.12. The molecule has 0 aromatic carbocycles. The maximum absolute atomic E-state index is 11.5. The van der Waals surface area contributed by atoms with Gasteiger partial charge in [-0.1, -0.05) is 26.2 Å². The Morgan fingerprint density at radius 2 is 1.32 bits per heavy atom. The van der Waals surface area contributed by atoms with Crippen molar-refractivity contribution in [2.24, 2.45) is 0 Å². The van der Waals surface area contributed by atoms with E-state index in [9.17, 15) is 9.59 Å². The molecule has 0 unspecified atom stereocenters. The lowest BCUT2D eigenvalue weighted by atomic mass is 10.2. The molecule has 0 fully saturated rings. The summed E-state index contributed by atoms with van der Waals surface area (Å²) < 4.78 is 0. The number of rotatable bonds is 14. The van der Waals surface area contributed by atoms with Crippen LogP contribution in [0.3, 0.4) is 0 Å². The molecule has 0 radical (unpaired) electrons. The second-order valence-corrected chi connectivity index (χ2v) is 6.12. The minimum absolute atomic E-state index is 0.135. The van der Waals surface area contributed by atoms with E-state index in [-0.39, 0.29) is 11.8 Å². The molecule has 0 rings (SSSR count). The van der Waals surface area contributed by atoms with E-state index in [1.807, 2.05) is 14.1 Å². The third kappa shape index (κ3) is 15.3. The van der Waals surface area contributed by atoms with Crippen molar-refractivity contribution in [3.8, 4) is 0 Å². The molecule has 2 amide bonds. The van der Waals surface area contributed by atoms with Crippen LogP contribution in [0.5, 0.6) is 0 Å². The maximum atomic E-state index is 11.5. The fraction of sp³-hybridized carbons (Fsp3) is 0.882. The summed E-state index contributed by atoms with van der Waals surface area (Å²) >= 11 is 0. The SMILES string of the molecule is CCCCCNC(=O)CCCCCNC(=O)CCCN(C)C. The van der Waals surface area contributed by atoms with E-state index >= 15 is 0 Å². The van der Waals surface area contributed by atoms with Crippen LogP contribution in [-0.4, -0.2) is 50.4 Å². The number of carbonyl (C=O) groups is 2. The summed E-state index contributed by atoms with van der Waals surface area (Å²) in [6, 6.07) is 0. The van der Waals surface area contributed by atoms with Gasteiger partial charge in [-0.25, -0.2) is 0 Å². The monoisotopic (exact) mass is 313 g/mol. The van der Waals surface area contributed by atoms with E-state index in [0.717, 1.165) is 51.7 Å². The van der Waals surface area contributed by atoms with Crippen LogP contribution in [0.15, 0.2) is 0 Å². The van der Waals surface area contributed by atoms with Crippen LogP contribution >= 0.6 is 0 Å². The molecule has 0 aromatic rings. The quantitative estimate of drug-likeness (QED) is 0.484. The third-order valence-corrected chi connectivity index (χ3v) is 3.51. The Hall–Kier alpha value is -1.10. The molecule has 0 bridgehead atoms.